The quantitative estimate of drug-likeness (QED) is 0.714. The first kappa shape index (κ1) is 13.2. The molecule has 2 aromatic heterocycles. The summed E-state index contributed by atoms with van der Waals surface area (Å²) in [6, 6.07) is 9.32. The Labute approximate surface area is 120 Å². The van der Waals surface area contributed by atoms with Crippen molar-refractivity contribution in [3.63, 3.8) is 0 Å². The Balaban J connectivity index is 1.82. The second-order valence-corrected chi connectivity index (χ2v) is 4.51. The highest BCUT2D eigenvalue weighted by Gasteiger charge is 2.16. The number of aryl methyl sites for hydroxylation is 1. The van der Waals surface area contributed by atoms with E-state index in [0.29, 0.717) is 23.0 Å². The number of ether oxygens (including phenoxy) is 1. The van der Waals surface area contributed by atoms with Crippen LogP contribution < -0.4 is 4.74 Å². The third-order valence-electron chi connectivity index (χ3n) is 2.97. The number of para-hydroxylation sites is 1. The summed E-state index contributed by atoms with van der Waals surface area (Å²) in [5.74, 6) is 1.60. The highest BCUT2D eigenvalue weighted by Crippen LogP contribution is 2.32. The molecule has 0 saturated heterocycles. The van der Waals surface area contributed by atoms with Gasteiger partial charge in [-0.05, 0) is 18.6 Å². The highest BCUT2D eigenvalue weighted by atomic mass is 16.5. The number of hydrogen-bond donors (Lipinski definition) is 0. The lowest BCUT2D eigenvalue weighted by atomic mass is 10.2. The molecule has 0 atom stereocenters. The van der Waals surface area contributed by atoms with Crippen LogP contribution in [0, 0.1) is 11.3 Å². The van der Waals surface area contributed by atoms with Gasteiger partial charge < -0.3 is 13.7 Å². The summed E-state index contributed by atoms with van der Waals surface area (Å²) < 4.78 is 16.2. The normalized spacial score (nSPS) is 10.7. The molecule has 21 heavy (non-hydrogen) atoms. The molecule has 2 heterocycles. The smallest absolute Gasteiger partial charge is 0.246 e. The van der Waals surface area contributed by atoms with Crippen molar-refractivity contribution in [1.82, 2.24) is 10.1 Å². The molecule has 0 saturated carbocycles. The Morgan fingerprint density at radius 2 is 2.19 bits per heavy atom. The second-order valence-electron chi connectivity index (χ2n) is 4.51. The van der Waals surface area contributed by atoms with Gasteiger partial charge in [0.25, 0.3) is 0 Å². The van der Waals surface area contributed by atoms with Crippen molar-refractivity contribution in [1.29, 1.82) is 5.26 Å². The molecule has 6 heteroatoms. The molecule has 3 aromatic rings. The average molecular weight is 283 g/mol. The molecule has 0 bridgehead atoms. The Hall–Kier alpha value is -2.81. The summed E-state index contributed by atoms with van der Waals surface area (Å²) in [4.78, 5) is 4.22. The van der Waals surface area contributed by atoms with Crippen molar-refractivity contribution >= 4 is 11.0 Å². The van der Waals surface area contributed by atoms with Gasteiger partial charge in [0, 0.05) is 6.42 Å². The lowest BCUT2D eigenvalue weighted by molar-refractivity contribution is 0.283. The van der Waals surface area contributed by atoms with Crippen LogP contribution in [0.15, 0.2) is 33.2 Å². The van der Waals surface area contributed by atoms with E-state index in [9.17, 15) is 0 Å². The molecule has 0 amide bonds. The summed E-state index contributed by atoms with van der Waals surface area (Å²) in [6.45, 7) is 2.17. The molecule has 0 aliphatic rings. The first-order valence-electron chi connectivity index (χ1n) is 6.67. The number of fused-ring (bicyclic) bond motifs is 1. The minimum absolute atomic E-state index is 0.130. The maximum Gasteiger partial charge on any atom is 0.246 e. The molecule has 0 fully saturated rings. The molecule has 0 spiro atoms. The van der Waals surface area contributed by atoms with Crippen LogP contribution in [0.25, 0.3) is 11.0 Å². The predicted molar refractivity (Wildman–Crippen MR) is 73.6 cm³/mol. The van der Waals surface area contributed by atoms with Crippen molar-refractivity contribution in [2.45, 2.75) is 26.4 Å². The molecule has 0 aliphatic carbocycles. The Kier molecular flexibility index (Phi) is 3.56. The van der Waals surface area contributed by atoms with E-state index in [4.69, 9.17) is 18.9 Å². The largest absolute Gasteiger partial charge is 0.480 e. The molecular weight excluding hydrogens is 270 g/mol. The number of aromatic nitrogens is 2. The van der Waals surface area contributed by atoms with Gasteiger partial charge in [-0.3, -0.25) is 0 Å². The van der Waals surface area contributed by atoms with Crippen LogP contribution in [0.4, 0.5) is 0 Å². The maximum absolute atomic E-state index is 9.12. The van der Waals surface area contributed by atoms with E-state index >= 15 is 0 Å². The van der Waals surface area contributed by atoms with Crippen molar-refractivity contribution < 1.29 is 13.7 Å². The number of furan rings is 1. The zero-order chi connectivity index (χ0) is 14.7. The summed E-state index contributed by atoms with van der Waals surface area (Å²) in [7, 11) is 0. The van der Waals surface area contributed by atoms with Crippen molar-refractivity contribution in [3.8, 4) is 11.8 Å². The highest BCUT2D eigenvalue weighted by molar-refractivity contribution is 5.86. The van der Waals surface area contributed by atoms with Crippen LogP contribution >= 0.6 is 0 Å². The van der Waals surface area contributed by atoms with Gasteiger partial charge in [-0.2, -0.15) is 10.2 Å². The first-order valence-corrected chi connectivity index (χ1v) is 6.67. The lowest BCUT2D eigenvalue weighted by Crippen LogP contribution is -1.98. The van der Waals surface area contributed by atoms with Gasteiger partial charge in [-0.15, -0.1) is 0 Å². The number of nitriles is 1. The van der Waals surface area contributed by atoms with Crippen LogP contribution in [0.5, 0.6) is 5.75 Å². The van der Waals surface area contributed by atoms with E-state index in [1.54, 1.807) is 6.07 Å². The molecular formula is C15H13N3O3. The fourth-order valence-electron chi connectivity index (χ4n) is 2.04. The maximum atomic E-state index is 9.12. The number of rotatable bonds is 5. The van der Waals surface area contributed by atoms with Gasteiger partial charge in [-0.25, -0.2) is 0 Å². The molecule has 3 rings (SSSR count). The molecule has 0 radical (unpaired) electrons. The Morgan fingerprint density at radius 3 is 3.00 bits per heavy atom. The molecule has 1 aromatic carbocycles. The van der Waals surface area contributed by atoms with E-state index in [2.05, 4.69) is 10.1 Å². The van der Waals surface area contributed by atoms with Crippen molar-refractivity contribution in [3.05, 3.63) is 41.7 Å². The fraction of sp³-hybridized carbons (Fsp3) is 0.267. The van der Waals surface area contributed by atoms with Gasteiger partial charge in [0.05, 0.1) is 5.39 Å². The summed E-state index contributed by atoms with van der Waals surface area (Å²) in [5.41, 5.74) is 0.615. The van der Waals surface area contributed by atoms with Gasteiger partial charge in [0.1, 0.15) is 11.7 Å². The van der Waals surface area contributed by atoms with Crippen LogP contribution in [0.2, 0.25) is 0 Å². The number of nitrogens with zero attached hydrogens (tertiary/aromatic N) is 3. The molecule has 6 nitrogen and oxygen atoms in total. The average Bonchev–Trinajstić information content (AvgIpc) is 3.09. The van der Waals surface area contributed by atoms with Crippen LogP contribution in [-0.2, 0) is 13.0 Å². The van der Waals surface area contributed by atoms with Crippen LogP contribution in [0.3, 0.4) is 0 Å². The number of benzene rings is 1. The SMILES string of the molecule is CCCc1nc(COc2c(C#N)oc3ccccc23)no1. The predicted octanol–water partition coefficient (Wildman–Crippen LogP) is 3.22. The summed E-state index contributed by atoms with van der Waals surface area (Å²) in [6.07, 6.45) is 1.68. The molecule has 0 N–H and O–H groups in total. The van der Waals surface area contributed by atoms with E-state index < -0.39 is 0 Å². The van der Waals surface area contributed by atoms with E-state index in [1.807, 2.05) is 31.2 Å². The third kappa shape index (κ3) is 2.58. The Morgan fingerprint density at radius 1 is 1.33 bits per heavy atom. The van der Waals surface area contributed by atoms with Crippen LogP contribution in [0.1, 0.15) is 30.8 Å². The zero-order valence-electron chi connectivity index (χ0n) is 11.5. The molecule has 0 aliphatic heterocycles. The lowest BCUT2D eigenvalue weighted by Gasteiger charge is -2.00. The topological polar surface area (TPSA) is 85.1 Å². The van der Waals surface area contributed by atoms with Gasteiger partial charge >= 0.3 is 0 Å². The minimum atomic E-state index is 0.130. The zero-order valence-corrected chi connectivity index (χ0v) is 11.5. The van der Waals surface area contributed by atoms with Gasteiger partial charge in [0.2, 0.25) is 17.5 Å². The van der Waals surface area contributed by atoms with E-state index in [1.165, 1.54) is 0 Å². The monoisotopic (exact) mass is 283 g/mol. The first-order chi connectivity index (χ1) is 10.3. The molecule has 0 unspecified atom stereocenters. The minimum Gasteiger partial charge on any atom is -0.480 e. The van der Waals surface area contributed by atoms with E-state index in [0.717, 1.165) is 18.2 Å². The third-order valence-corrected chi connectivity index (χ3v) is 2.97. The summed E-state index contributed by atoms with van der Waals surface area (Å²) >= 11 is 0. The van der Waals surface area contributed by atoms with Gasteiger partial charge in [-0.1, -0.05) is 24.2 Å². The van der Waals surface area contributed by atoms with E-state index in [-0.39, 0.29) is 12.4 Å². The second kappa shape index (κ2) is 5.67. The standard InChI is InChI=1S/C15H13N3O3/c1-2-5-14-17-13(18-21-14)9-19-15-10-6-3-4-7-11(10)20-12(15)8-16/h3-4,6-7H,2,5,9H2,1H3. The van der Waals surface area contributed by atoms with Crippen molar-refractivity contribution in [2.75, 3.05) is 0 Å². The number of hydrogen-bond acceptors (Lipinski definition) is 6. The Bertz CT molecular complexity index is 798. The van der Waals surface area contributed by atoms with Crippen LogP contribution in [-0.4, -0.2) is 10.1 Å². The molecule has 106 valence electrons. The fourth-order valence-corrected chi connectivity index (χ4v) is 2.04. The van der Waals surface area contributed by atoms with Gasteiger partial charge in [0.15, 0.2) is 12.4 Å². The summed E-state index contributed by atoms with van der Waals surface area (Å²) in [5, 5.41) is 13.7. The van der Waals surface area contributed by atoms with Crippen molar-refractivity contribution in [2.24, 2.45) is 0 Å².